The Morgan fingerprint density at radius 1 is 1.16 bits per heavy atom. The lowest BCUT2D eigenvalue weighted by Gasteiger charge is -2.39. The summed E-state index contributed by atoms with van der Waals surface area (Å²) in [6.07, 6.45) is 5.68. The highest BCUT2D eigenvalue weighted by Gasteiger charge is 2.30. The van der Waals surface area contributed by atoms with Gasteiger partial charge in [0.1, 0.15) is 0 Å². The molecule has 1 atom stereocenters. The van der Waals surface area contributed by atoms with E-state index in [0.717, 1.165) is 45.6 Å². The summed E-state index contributed by atoms with van der Waals surface area (Å²) in [5.74, 6) is 0.425. The maximum Gasteiger partial charge on any atom is 0.227 e. The number of aromatic nitrogens is 2. The molecule has 0 radical (unpaired) electrons. The Morgan fingerprint density at radius 2 is 1.96 bits per heavy atom. The molecule has 5 nitrogen and oxygen atoms in total. The first-order valence-electron chi connectivity index (χ1n) is 9.22. The largest absolute Gasteiger partial charge is 0.368 e. The zero-order valence-electron chi connectivity index (χ0n) is 15.1. The summed E-state index contributed by atoms with van der Waals surface area (Å²) in [6, 6.07) is 6.48. The molecule has 0 N–H and O–H groups in total. The predicted octanol–water partition coefficient (Wildman–Crippen LogP) is 2.41. The Labute approximate surface area is 149 Å². The average Bonchev–Trinajstić information content (AvgIpc) is 3.11. The standard InChI is InChI=1S/C20H26N4O/c1-15-4-3-5-19(16(15)2)22-8-10-23(11-9-22)20(25)17-6-7-18-12-21-14-24(18)13-17/h3-5,12,14,17H,6-11,13H2,1-2H3/t17-/m0/s1. The van der Waals surface area contributed by atoms with Gasteiger partial charge in [0.15, 0.2) is 0 Å². The molecule has 0 bridgehead atoms. The van der Waals surface area contributed by atoms with Crippen LogP contribution in [0.4, 0.5) is 5.69 Å². The molecular weight excluding hydrogens is 312 g/mol. The van der Waals surface area contributed by atoms with Gasteiger partial charge in [-0.2, -0.15) is 0 Å². The van der Waals surface area contributed by atoms with Gasteiger partial charge < -0.3 is 14.4 Å². The summed E-state index contributed by atoms with van der Waals surface area (Å²) in [5.41, 5.74) is 5.24. The molecular formula is C20H26N4O. The number of hydrogen-bond donors (Lipinski definition) is 0. The minimum absolute atomic E-state index is 0.106. The molecule has 0 aliphatic carbocycles. The average molecular weight is 338 g/mol. The van der Waals surface area contributed by atoms with Crippen LogP contribution in [-0.2, 0) is 17.8 Å². The van der Waals surface area contributed by atoms with Gasteiger partial charge in [-0.05, 0) is 43.9 Å². The van der Waals surface area contributed by atoms with Gasteiger partial charge in [-0.25, -0.2) is 4.98 Å². The van der Waals surface area contributed by atoms with Gasteiger partial charge in [-0.1, -0.05) is 12.1 Å². The van der Waals surface area contributed by atoms with E-state index < -0.39 is 0 Å². The van der Waals surface area contributed by atoms with E-state index in [1.165, 1.54) is 22.5 Å². The molecule has 2 aliphatic rings. The molecule has 0 unspecified atom stereocenters. The maximum absolute atomic E-state index is 12.9. The second-order valence-corrected chi connectivity index (χ2v) is 7.30. The number of carbonyl (C=O) groups excluding carboxylic acids is 1. The highest BCUT2D eigenvalue weighted by Crippen LogP contribution is 2.26. The minimum atomic E-state index is 0.106. The van der Waals surface area contributed by atoms with Gasteiger partial charge in [0.05, 0.1) is 12.2 Å². The van der Waals surface area contributed by atoms with Crippen molar-refractivity contribution in [2.45, 2.75) is 33.2 Å². The van der Waals surface area contributed by atoms with Crippen molar-refractivity contribution < 1.29 is 4.79 Å². The third-order valence-corrected chi connectivity index (χ3v) is 5.82. The molecule has 1 aromatic heterocycles. The Kier molecular flexibility index (Phi) is 4.24. The fraction of sp³-hybridized carbons (Fsp3) is 0.500. The zero-order valence-corrected chi connectivity index (χ0v) is 15.1. The van der Waals surface area contributed by atoms with Gasteiger partial charge in [-0.3, -0.25) is 4.79 Å². The van der Waals surface area contributed by atoms with Crippen LogP contribution in [0.15, 0.2) is 30.7 Å². The molecule has 5 heteroatoms. The number of hydrogen-bond acceptors (Lipinski definition) is 3. The van der Waals surface area contributed by atoms with Gasteiger partial charge >= 0.3 is 0 Å². The van der Waals surface area contributed by atoms with E-state index in [9.17, 15) is 4.79 Å². The van der Waals surface area contributed by atoms with Gasteiger partial charge in [0.25, 0.3) is 0 Å². The number of benzene rings is 1. The van der Waals surface area contributed by atoms with E-state index in [2.05, 4.69) is 51.4 Å². The molecule has 2 aromatic rings. The van der Waals surface area contributed by atoms with Crippen LogP contribution in [0.2, 0.25) is 0 Å². The van der Waals surface area contributed by atoms with E-state index in [0.29, 0.717) is 5.91 Å². The number of nitrogens with zero attached hydrogens (tertiary/aromatic N) is 4. The Bertz CT molecular complexity index is 774. The third-order valence-electron chi connectivity index (χ3n) is 5.82. The molecule has 0 saturated carbocycles. The first kappa shape index (κ1) is 16.2. The quantitative estimate of drug-likeness (QED) is 0.844. The molecule has 1 fully saturated rings. The fourth-order valence-corrected chi connectivity index (χ4v) is 4.08. The number of aryl methyl sites for hydroxylation is 2. The second-order valence-electron chi connectivity index (χ2n) is 7.30. The molecule has 1 saturated heterocycles. The van der Waals surface area contributed by atoms with Crippen LogP contribution in [0.1, 0.15) is 23.2 Å². The molecule has 25 heavy (non-hydrogen) atoms. The van der Waals surface area contributed by atoms with Crippen molar-refractivity contribution in [3.63, 3.8) is 0 Å². The summed E-state index contributed by atoms with van der Waals surface area (Å²) in [4.78, 5) is 21.6. The van der Waals surface area contributed by atoms with Crippen molar-refractivity contribution in [1.82, 2.24) is 14.5 Å². The zero-order chi connectivity index (χ0) is 17.4. The summed E-state index contributed by atoms with van der Waals surface area (Å²) < 4.78 is 2.14. The molecule has 2 aliphatic heterocycles. The van der Waals surface area contributed by atoms with Crippen LogP contribution in [0.3, 0.4) is 0 Å². The van der Waals surface area contributed by atoms with Gasteiger partial charge in [0, 0.05) is 50.3 Å². The smallest absolute Gasteiger partial charge is 0.227 e. The summed E-state index contributed by atoms with van der Waals surface area (Å²) in [5, 5.41) is 0. The first-order chi connectivity index (χ1) is 12.1. The van der Waals surface area contributed by atoms with Crippen molar-refractivity contribution in [2.24, 2.45) is 5.92 Å². The number of anilines is 1. The van der Waals surface area contributed by atoms with E-state index >= 15 is 0 Å². The fourth-order valence-electron chi connectivity index (χ4n) is 4.08. The van der Waals surface area contributed by atoms with Crippen LogP contribution in [0.25, 0.3) is 0 Å². The number of carbonyl (C=O) groups is 1. The number of fused-ring (bicyclic) bond motifs is 1. The highest BCUT2D eigenvalue weighted by atomic mass is 16.2. The van der Waals surface area contributed by atoms with E-state index in [-0.39, 0.29) is 5.92 Å². The Morgan fingerprint density at radius 3 is 2.76 bits per heavy atom. The van der Waals surface area contributed by atoms with Crippen LogP contribution in [0.5, 0.6) is 0 Å². The molecule has 1 amide bonds. The lowest BCUT2D eigenvalue weighted by atomic mass is 9.96. The van der Waals surface area contributed by atoms with Crippen molar-refractivity contribution in [3.8, 4) is 0 Å². The molecule has 0 spiro atoms. The van der Waals surface area contributed by atoms with Crippen LogP contribution in [-0.4, -0.2) is 46.5 Å². The highest BCUT2D eigenvalue weighted by molar-refractivity contribution is 5.79. The summed E-state index contributed by atoms with van der Waals surface area (Å²) in [7, 11) is 0. The van der Waals surface area contributed by atoms with E-state index in [4.69, 9.17) is 0 Å². The van der Waals surface area contributed by atoms with Crippen molar-refractivity contribution >= 4 is 11.6 Å². The number of amides is 1. The number of imidazole rings is 1. The minimum Gasteiger partial charge on any atom is -0.368 e. The van der Waals surface area contributed by atoms with Crippen LogP contribution in [0, 0.1) is 19.8 Å². The lowest BCUT2D eigenvalue weighted by molar-refractivity contribution is -0.136. The Balaban J connectivity index is 1.39. The SMILES string of the molecule is Cc1cccc(N2CCN(C(=O)[C@H]3CCc4cncn4C3)CC2)c1C. The lowest BCUT2D eigenvalue weighted by Crippen LogP contribution is -2.51. The van der Waals surface area contributed by atoms with Crippen molar-refractivity contribution in [3.05, 3.63) is 47.5 Å². The van der Waals surface area contributed by atoms with E-state index in [1.807, 2.05) is 12.5 Å². The molecule has 4 rings (SSSR count). The second kappa shape index (κ2) is 6.54. The van der Waals surface area contributed by atoms with E-state index in [1.54, 1.807) is 0 Å². The van der Waals surface area contributed by atoms with Crippen molar-refractivity contribution in [1.29, 1.82) is 0 Å². The third kappa shape index (κ3) is 3.03. The monoisotopic (exact) mass is 338 g/mol. The summed E-state index contributed by atoms with van der Waals surface area (Å²) >= 11 is 0. The molecule has 3 heterocycles. The summed E-state index contributed by atoms with van der Waals surface area (Å²) in [6.45, 7) is 8.60. The van der Waals surface area contributed by atoms with Crippen LogP contribution >= 0.6 is 0 Å². The van der Waals surface area contributed by atoms with Crippen LogP contribution < -0.4 is 4.90 Å². The van der Waals surface area contributed by atoms with Gasteiger partial charge in [0.2, 0.25) is 5.91 Å². The maximum atomic E-state index is 12.9. The topological polar surface area (TPSA) is 41.4 Å². The number of rotatable bonds is 2. The Hall–Kier alpha value is -2.30. The predicted molar refractivity (Wildman–Crippen MR) is 98.7 cm³/mol. The van der Waals surface area contributed by atoms with Crippen molar-refractivity contribution in [2.75, 3.05) is 31.1 Å². The molecule has 1 aromatic carbocycles. The normalized spacial score (nSPS) is 20.5. The molecule has 132 valence electrons. The van der Waals surface area contributed by atoms with Gasteiger partial charge in [-0.15, -0.1) is 0 Å². The number of piperazine rings is 1. The first-order valence-corrected chi connectivity index (χ1v) is 9.22.